The summed E-state index contributed by atoms with van der Waals surface area (Å²) in [5.41, 5.74) is 2.85. The number of amides is 1. The topological polar surface area (TPSA) is 46.6 Å². The van der Waals surface area contributed by atoms with E-state index in [0.29, 0.717) is 5.02 Å². The van der Waals surface area contributed by atoms with Crippen LogP contribution in [0.25, 0.3) is 0 Å². The van der Waals surface area contributed by atoms with Crippen molar-refractivity contribution >= 4 is 29.2 Å². The van der Waals surface area contributed by atoms with Gasteiger partial charge < -0.3 is 9.64 Å². The molecule has 1 aliphatic heterocycles. The molecule has 1 amide bonds. The van der Waals surface area contributed by atoms with Gasteiger partial charge in [-0.25, -0.2) is 0 Å². The van der Waals surface area contributed by atoms with Gasteiger partial charge in [-0.15, -0.1) is 0 Å². The van der Waals surface area contributed by atoms with Gasteiger partial charge in [0.05, 0.1) is 6.42 Å². The van der Waals surface area contributed by atoms with Crippen molar-refractivity contribution in [1.29, 1.82) is 0 Å². The highest BCUT2D eigenvalue weighted by Gasteiger charge is 2.30. The van der Waals surface area contributed by atoms with Crippen molar-refractivity contribution < 1.29 is 14.3 Å². The molecule has 24 heavy (non-hydrogen) atoms. The smallest absolute Gasteiger partial charge is 0.310 e. The van der Waals surface area contributed by atoms with E-state index in [-0.39, 0.29) is 25.0 Å². The third-order valence-corrected chi connectivity index (χ3v) is 4.35. The molecule has 0 saturated heterocycles. The van der Waals surface area contributed by atoms with Crippen molar-refractivity contribution in [1.82, 2.24) is 0 Å². The van der Waals surface area contributed by atoms with E-state index in [1.807, 2.05) is 31.2 Å². The van der Waals surface area contributed by atoms with E-state index >= 15 is 0 Å². The van der Waals surface area contributed by atoms with Crippen molar-refractivity contribution in [2.45, 2.75) is 25.8 Å². The average Bonchev–Trinajstić information content (AvgIpc) is 2.90. The zero-order valence-corrected chi connectivity index (χ0v) is 14.1. The molecule has 2 aromatic rings. The number of halogens is 1. The molecule has 0 saturated carbocycles. The Hall–Kier alpha value is -2.33. The minimum Gasteiger partial charge on any atom is -0.455 e. The highest BCUT2D eigenvalue weighted by Crippen LogP contribution is 2.31. The van der Waals surface area contributed by atoms with E-state index in [4.69, 9.17) is 16.3 Å². The molecule has 3 rings (SSSR count). The number of fused-ring (bicyclic) bond motifs is 1. The van der Waals surface area contributed by atoms with Crippen LogP contribution >= 0.6 is 11.6 Å². The van der Waals surface area contributed by atoms with Gasteiger partial charge in [0.25, 0.3) is 5.91 Å². The van der Waals surface area contributed by atoms with Crippen molar-refractivity contribution in [2.75, 3.05) is 11.5 Å². The van der Waals surface area contributed by atoms with E-state index in [0.717, 1.165) is 23.2 Å². The van der Waals surface area contributed by atoms with E-state index in [9.17, 15) is 9.59 Å². The van der Waals surface area contributed by atoms with E-state index in [1.165, 1.54) is 0 Å². The fraction of sp³-hybridized carbons (Fsp3) is 0.263. The fourth-order valence-corrected chi connectivity index (χ4v) is 3.10. The van der Waals surface area contributed by atoms with Crippen LogP contribution in [0.15, 0.2) is 48.5 Å². The molecule has 0 aromatic heterocycles. The molecule has 5 heteroatoms. The summed E-state index contributed by atoms with van der Waals surface area (Å²) < 4.78 is 5.15. The summed E-state index contributed by atoms with van der Waals surface area (Å²) in [7, 11) is 0. The summed E-state index contributed by atoms with van der Waals surface area (Å²) in [5, 5.41) is 0.615. The van der Waals surface area contributed by atoms with Crippen LogP contribution in [0.3, 0.4) is 0 Å². The molecule has 1 atom stereocenters. The standard InChI is InChI=1S/C19H18ClNO3/c1-13-10-15-4-2-3-5-17(15)21(13)18(22)12-24-19(23)11-14-6-8-16(20)9-7-14/h2-9,13H,10-12H2,1H3/t13-/m0/s1. The van der Waals surface area contributed by atoms with Crippen molar-refractivity contribution in [2.24, 2.45) is 0 Å². The first-order chi connectivity index (χ1) is 11.5. The second kappa shape index (κ2) is 7.05. The molecule has 0 spiro atoms. The zero-order chi connectivity index (χ0) is 17.1. The Morgan fingerprint density at radius 3 is 2.62 bits per heavy atom. The second-order valence-electron chi connectivity index (χ2n) is 5.91. The van der Waals surface area contributed by atoms with Crippen LogP contribution in [0.5, 0.6) is 0 Å². The van der Waals surface area contributed by atoms with Crippen molar-refractivity contribution in [3.63, 3.8) is 0 Å². The van der Waals surface area contributed by atoms with Crippen LogP contribution < -0.4 is 4.90 Å². The molecule has 1 aliphatic rings. The number of anilines is 1. The van der Waals surface area contributed by atoms with Gasteiger partial charge in [0.15, 0.2) is 6.61 Å². The van der Waals surface area contributed by atoms with E-state index in [2.05, 4.69) is 0 Å². The lowest BCUT2D eigenvalue weighted by Crippen LogP contribution is -2.38. The molecule has 124 valence electrons. The van der Waals surface area contributed by atoms with E-state index in [1.54, 1.807) is 29.2 Å². The Bertz CT molecular complexity index is 757. The number of carbonyl (C=O) groups excluding carboxylic acids is 2. The number of ether oxygens (including phenoxy) is 1. The SMILES string of the molecule is C[C@H]1Cc2ccccc2N1C(=O)COC(=O)Cc1ccc(Cl)cc1. The maximum Gasteiger partial charge on any atom is 0.310 e. The molecular weight excluding hydrogens is 326 g/mol. The maximum atomic E-state index is 12.5. The predicted molar refractivity (Wildman–Crippen MR) is 93.2 cm³/mol. The number of rotatable bonds is 4. The van der Waals surface area contributed by atoms with Crippen LogP contribution in [0.1, 0.15) is 18.1 Å². The van der Waals surface area contributed by atoms with Gasteiger partial charge in [-0.05, 0) is 42.7 Å². The number of para-hydroxylation sites is 1. The Balaban J connectivity index is 1.57. The summed E-state index contributed by atoms with van der Waals surface area (Å²) in [6.07, 6.45) is 0.942. The summed E-state index contributed by atoms with van der Waals surface area (Å²) in [6.45, 7) is 1.75. The number of nitrogens with zero attached hydrogens (tertiary/aromatic N) is 1. The zero-order valence-electron chi connectivity index (χ0n) is 13.4. The van der Waals surface area contributed by atoms with Crippen molar-refractivity contribution in [3.8, 4) is 0 Å². The maximum absolute atomic E-state index is 12.5. The molecule has 0 unspecified atom stereocenters. The first-order valence-corrected chi connectivity index (χ1v) is 8.22. The van der Waals surface area contributed by atoms with Crippen LogP contribution in [-0.4, -0.2) is 24.5 Å². The van der Waals surface area contributed by atoms with Crippen LogP contribution in [0.2, 0.25) is 5.02 Å². The van der Waals surface area contributed by atoms with Gasteiger partial charge in [0.2, 0.25) is 0 Å². The summed E-state index contributed by atoms with van der Waals surface area (Å²) in [5.74, 6) is -0.622. The largest absolute Gasteiger partial charge is 0.455 e. The monoisotopic (exact) mass is 343 g/mol. The molecule has 0 bridgehead atoms. The van der Waals surface area contributed by atoms with Crippen molar-refractivity contribution in [3.05, 3.63) is 64.7 Å². The lowest BCUT2D eigenvalue weighted by Gasteiger charge is -2.22. The Morgan fingerprint density at radius 2 is 1.88 bits per heavy atom. The third kappa shape index (κ3) is 3.60. The third-order valence-electron chi connectivity index (χ3n) is 4.09. The summed E-state index contributed by atoms with van der Waals surface area (Å²) in [6, 6.07) is 14.9. The molecular formula is C19H18ClNO3. The lowest BCUT2D eigenvalue weighted by molar-refractivity contribution is -0.147. The van der Waals surface area contributed by atoms with Gasteiger partial charge in [0.1, 0.15) is 0 Å². The Labute approximate surface area is 146 Å². The number of hydrogen-bond donors (Lipinski definition) is 0. The number of benzene rings is 2. The second-order valence-corrected chi connectivity index (χ2v) is 6.35. The molecule has 0 radical (unpaired) electrons. The number of carbonyl (C=O) groups is 2. The number of hydrogen-bond acceptors (Lipinski definition) is 3. The highest BCUT2D eigenvalue weighted by molar-refractivity contribution is 6.30. The minimum atomic E-state index is -0.425. The number of esters is 1. The lowest BCUT2D eigenvalue weighted by atomic mass is 10.1. The molecule has 0 aliphatic carbocycles. The highest BCUT2D eigenvalue weighted by atomic mass is 35.5. The first kappa shape index (κ1) is 16.5. The summed E-state index contributed by atoms with van der Waals surface area (Å²) >= 11 is 5.81. The van der Waals surface area contributed by atoms with Gasteiger partial charge in [0, 0.05) is 16.8 Å². The summed E-state index contributed by atoms with van der Waals surface area (Å²) in [4.78, 5) is 26.1. The molecule has 1 heterocycles. The minimum absolute atomic E-state index is 0.0740. The van der Waals surface area contributed by atoms with E-state index < -0.39 is 5.97 Å². The molecule has 4 nitrogen and oxygen atoms in total. The average molecular weight is 344 g/mol. The van der Waals surface area contributed by atoms with Gasteiger partial charge in [-0.2, -0.15) is 0 Å². The fourth-order valence-electron chi connectivity index (χ4n) is 2.98. The molecule has 0 fully saturated rings. The van der Waals surface area contributed by atoms with Gasteiger partial charge in [-0.3, -0.25) is 9.59 Å². The van der Waals surface area contributed by atoms with Gasteiger partial charge >= 0.3 is 5.97 Å². The van der Waals surface area contributed by atoms with Crippen LogP contribution in [0, 0.1) is 0 Å². The first-order valence-electron chi connectivity index (χ1n) is 7.84. The molecule has 2 aromatic carbocycles. The van der Waals surface area contributed by atoms with Crippen LogP contribution in [-0.2, 0) is 27.2 Å². The quantitative estimate of drug-likeness (QED) is 0.799. The van der Waals surface area contributed by atoms with Crippen LogP contribution in [0.4, 0.5) is 5.69 Å². The molecule has 0 N–H and O–H groups in total. The normalized spacial score (nSPS) is 15.9. The predicted octanol–water partition coefficient (Wildman–Crippen LogP) is 3.40. The van der Waals surface area contributed by atoms with Gasteiger partial charge in [-0.1, -0.05) is 41.9 Å². The Morgan fingerprint density at radius 1 is 1.17 bits per heavy atom. The Kier molecular flexibility index (Phi) is 4.86.